The maximum Gasteiger partial charge on any atom is 0.101 e. The van der Waals surface area contributed by atoms with Crippen LogP contribution in [0.15, 0.2) is 24.4 Å². The SMILES string of the molecule is Cl.N#Cc1ccc(-c2[nH]ncc2Cl)cc1Cl. The lowest BCUT2D eigenvalue weighted by molar-refractivity contribution is 1.10. The number of halogens is 3. The summed E-state index contributed by atoms with van der Waals surface area (Å²) in [5.74, 6) is 0. The minimum absolute atomic E-state index is 0. The Kier molecular flexibility index (Phi) is 4.19. The maximum atomic E-state index is 8.71. The summed E-state index contributed by atoms with van der Waals surface area (Å²) in [6, 6.07) is 7.09. The molecule has 0 radical (unpaired) electrons. The summed E-state index contributed by atoms with van der Waals surface area (Å²) in [7, 11) is 0. The van der Waals surface area contributed by atoms with Gasteiger partial charge in [0.2, 0.25) is 0 Å². The highest BCUT2D eigenvalue weighted by atomic mass is 35.5. The molecule has 0 aliphatic heterocycles. The van der Waals surface area contributed by atoms with Crippen LogP contribution in [0.25, 0.3) is 11.3 Å². The van der Waals surface area contributed by atoms with E-state index in [9.17, 15) is 0 Å². The Hall–Kier alpha value is -1.21. The smallest absolute Gasteiger partial charge is 0.101 e. The summed E-state index contributed by atoms with van der Waals surface area (Å²) in [6.45, 7) is 0. The number of H-pyrrole nitrogens is 1. The first-order valence-corrected chi connectivity index (χ1v) is 4.87. The highest BCUT2D eigenvalue weighted by Gasteiger charge is 2.07. The summed E-state index contributed by atoms with van der Waals surface area (Å²) in [4.78, 5) is 0. The van der Waals surface area contributed by atoms with Crippen molar-refractivity contribution in [2.45, 2.75) is 0 Å². The van der Waals surface area contributed by atoms with Crippen molar-refractivity contribution >= 4 is 35.6 Å². The first-order valence-electron chi connectivity index (χ1n) is 4.11. The van der Waals surface area contributed by atoms with Crippen LogP contribution in [0.5, 0.6) is 0 Å². The quantitative estimate of drug-likeness (QED) is 0.862. The number of aromatic amines is 1. The van der Waals surface area contributed by atoms with Crippen molar-refractivity contribution in [3.63, 3.8) is 0 Å². The molecule has 82 valence electrons. The van der Waals surface area contributed by atoms with Gasteiger partial charge in [-0.2, -0.15) is 10.4 Å². The first kappa shape index (κ1) is 12.9. The van der Waals surface area contributed by atoms with Crippen LogP contribution >= 0.6 is 35.6 Å². The van der Waals surface area contributed by atoms with E-state index in [0.29, 0.717) is 21.3 Å². The van der Waals surface area contributed by atoms with Gasteiger partial charge in [0.05, 0.1) is 27.5 Å². The molecule has 16 heavy (non-hydrogen) atoms. The van der Waals surface area contributed by atoms with Gasteiger partial charge in [-0.3, -0.25) is 5.10 Å². The Bertz CT molecular complexity index is 542. The highest BCUT2D eigenvalue weighted by Crippen LogP contribution is 2.28. The number of nitrogens with one attached hydrogen (secondary N) is 1. The third kappa shape index (κ3) is 2.30. The largest absolute Gasteiger partial charge is 0.276 e. The molecule has 6 heteroatoms. The molecule has 1 aromatic heterocycles. The molecule has 0 spiro atoms. The Balaban J connectivity index is 0.00000128. The summed E-state index contributed by atoms with van der Waals surface area (Å²) >= 11 is 11.8. The van der Waals surface area contributed by atoms with Crippen LogP contribution in [0, 0.1) is 11.3 Å². The van der Waals surface area contributed by atoms with Gasteiger partial charge in [0, 0.05) is 5.56 Å². The third-order valence-corrected chi connectivity index (χ3v) is 2.57. The first-order chi connectivity index (χ1) is 7.22. The van der Waals surface area contributed by atoms with Crippen molar-refractivity contribution in [3.8, 4) is 17.3 Å². The monoisotopic (exact) mass is 273 g/mol. The van der Waals surface area contributed by atoms with Crippen molar-refractivity contribution < 1.29 is 0 Å². The predicted octanol–water partition coefficient (Wildman–Crippen LogP) is 3.68. The Morgan fingerprint density at radius 3 is 2.50 bits per heavy atom. The van der Waals surface area contributed by atoms with Crippen molar-refractivity contribution in [3.05, 3.63) is 40.0 Å². The molecule has 2 aromatic rings. The van der Waals surface area contributed by atoms with Crippen molar-refractivity contribution in [1.82, 2.24) is 10.2 Å². The lowest BCUT2D eigenvalue weighted by Crippen LogP contribution is -1.82. The number of nitriles is 1. The zero-order valence-electron chi connectivity index (χ0n) is 7.87. The number of rotatable bonds is 1. The van der Waals surface area contributed by atoms with Crippen LogP contribution in [0.1, 0.15) is 5.56 Å². The fourth-order valence-electron chi connectivity index (χ4n) is 1.24. The number of hydrogen-bond donors (Lipinski definition) is 1. The number of nitrogens with zero attached hydrogens (tertiary/aromatic N) is 2. The minimum atomic E-state index is 0. The minimum Gasteiger partial charge on any atom is -0.276 e. The molecular weight excluding hydrogens is 268 g/mol. The molecule has 0 amide bonds. The van der Waals surface area contributed by atoms with Gasteiger partial charge in [-0.05, 0) is 12.1 Å². The lowest BCUT2D eigenvalue weighted by atomic mass is 10.1. The zero-order chi connectivity index (χ0) is 10.8. The Morgan fingerprint density at radius 1 is 1.25 bits per heavy atom. The van der Waals surface area contributed by atoms with E-state index in [1.54, 1.807) is 18.2 Å². The normalized spacial score (nSPS) is 9.31. The van der Waals surface area contributed by atoms with E-state index in [0.717, 1.165) is 5.56 Å². The van der Waals surface area contributed by atoms with Gasteiger partial charge in [0.25, 0.3) is 0 Å². The van der Waals surface area contributed by atoms with Gasteiger partial charge in [0.1, 0.15) is 6.07 Å². The van der Waals surface area contributed by atoms with Crippen LogP contribution in [-0.2, 0) is 0 Å². The van der Waals surface area contributed by atoms with Crippen molar-refractivity contribution in [2.24, 2.45) is 0 Å². The second kappa shape index (κ2) is 5.22. The van der Waals surface area contributed by atoms with Crippen molar-refractivity contribution in [1.29, 1.82) is 5.26 Å². The average Bonchev–Trinajstić information content (AvgIpc) is 2.64. The second-order valence-electron chi connectivity index (χ2n) is 2.90. The standard InChI is InChI=1S/C10H5Cl2N3.ClH/c11-8-3-6(1-2-7(8)4-13)10-9(12)5-14-15-10;/h1-3,5H,(H,14,15);1H. The molecule has 0 fully saturated rings. The topological polar surface area (TPSA) is 52.5 Å². The van der Waals surface area contributed by atoms with Gasteiger partial charge in [-0.15, -0.1) is 12.4 Å². The van der Waals surface area contributed by atoms with Crippen LogP contribution in [0.4, 0.5) is 0 Å². The van der Waals surface area contributed by atoms with E-state index in [-0.39, 0.29) is 12.4 Å². The fourth-order valence-corrected chi connectivity index (χ4v) is 1.66. The molecule has 0 aliphatic carbocycles. The summed E-state index contributed by atoms with van der Waals surface area (Å²) in [6.07, 6.45) is 1.52. The number of benzene rings is 1. The lowest BCUT2D eigenvalue weighted by Gasteiger charge is -2.00. The molecule has 0 unspecified atom stereocenters. The molecule has 3 nitrogen and oxygen atoms in total. The second-order valence-corrected chi connectivity index (χ2v) is 3.71. The predicted molar refractivity (Wildman–Crippen MR) is 66.0 cm³/mol. The number of hydrogen-bond acceptors (Lipinski definition) is 2. The molecule has 0 aliphatic rings. The molecule has 0 saturated carbocycles. The molecule has 1 heterocycles. The molecular formula is C10H6Cl3N3. The van der Waals surface area contributed by atoms with E-state index in [1.165, 1.54) is 6.20 Å². The van der Waals surface area contributed by atoms with Crippen LogP contribution in [0.3, 0.4) is 0 Å². The van der Waals surface area contributed by atoms with Crippen LogP contribution in [0.2, 0.25) is 10.0 Å². The van der Waals surface area contributed by atoms with Crippen LogP contribution in [-0.4, -0.2) is 10.2 Å². The average molecular weight is 275 g/mol. The zero-order valence-corrected chi connectivity index (χ0v) is 10.2. The maximum absolute atomic E-state index is 8.71. The van der Waals surface area contributed by atoms with Crippen LogP contribution < -0.4 is 0 Å². The van der Waals surface area contributed by atoms with Gasteiger partial charge in [0.15, 0.2) is 0 Å². The van der Waals surface area contributed by atoms with Crippen molar-refractivity contribution in [2.75, 3.05) is 0 Å². The van der Waals surface area contributed by atoms with E-state index in [1.807, 2.05) is 6.07 Å². The summed E-state index contributed by atoms with van der Waals surface area (Å²) < 4.78 is 0. The van der Waals surface area contributed by atoms with Gasteiger partial charge in [-0.1, -0.05) is 29.3 Å². The summed E-state index contributed by atoms with van der Waals surface area (Å²) in [5, 5.41) is 16.2. The fraction of sp³-hybridized carbons (Fsp3) is 0. The van der Waals surface area contributed by atoms with E-state index >= 15 is 0 Å². The van der Waals surface area contributed by atoms with E-state index in [4.69, 9.17) is 28.5 Å². The molecule has 2 rings (SSSR count). The molecule has 0 saturated heterocycles. The van der Waals surface area contributed by atoms with Gasteiger partial charge >= 0.3 is 0 Å². The van der Waals surface area contributed by atoms with E-state index < -0.39 is 0 Å². The highest BCUT2D eigenvalue weighted by molar-refractivity contribution is 6.33. The van der Waals surface area contributed by atoms with Gasteiger partial charge < -0.3 is 0 Å². The Labute approximate surface area is 108 Å². The Morgan fingerprint density at radius 2 is 2.00 bits per heavy atom. The van der Waals surface area contributed by atoms with Gasteiger partial charge in [-0.25, -0.2) is 0 Å². The molecule has 1 aromatic carbocycles. The van der Waals surface area contributed by atoms with E-state index in [2.05, 4.69) is 10.2 Å². The summed E-state index contributed by atoms with van der Waals surface area (Å²) in [5.41, 5.74) is 1.95. The molecule has 0 atom stereocenters. The molecule has 0 bridgehead atoms. The number of aromatic nitrogens is 2. The molecule has 1 N–H and O–H groups in total. The third-order valence-electron chi connectivity index (χ3n) is 1.97.